The van der Waals surface area contributed by atoms with Crippen molar-refractivity contribution in [2.75, 3.05) is 6.61 Å². The second kappa shape index (κ2) is 6.17. The topological polar surface area (TPSA) is 43.4 Å². The summed E-state index contributed by atoms with van der Waals surface area (Å²) in [4.78, 5) is 22.7. The van der Waals surface area contributed by atoms with Crippen LogP contribution in [-0.2, 0) is 14.3 Å². The number of carbonyl (C=O) groups excluding carboxylic acids is 2. The Labute approximate surface area is 107 Å². The van der Waals surface area contributed by atoms with Crippen LogP contribution in [0, 0.1) is 17.5 Å². The lowest BCUT2D eigenvalue weighted by atomic mass is 10.1. The largest absolute Gasteiger partial charge is 0.462 e. The number of benzene rings is 1. The molecule has 19 heavy (non-hydrogen) atoms. The Hall–Kier alpha value is -2.11. The molecule has 0 radical (unpaired) electrons. The van der Waals surface area contributed by atoms with E-state index in [0.29, 0.717) is 6.07 Å². The summed E-state index contributed by atoms with van der Waals surface area (Å²) in [6, 6.07) is 1.63. The SMILES string of the molecule is CCOC(=O)/C(=C\c1ccc(F)c(F)c1F)C(C)=O. The van der Waals surface area contributed by atoms with Crippen LogP contribution in [0.5, 0.6) is 0 Å². The van der Waals surface area contributed by atoms with Gasteiger partial charge in [-0.2, -0.15) is 0 Å². The molecule has 0 unspecified atom stereocenters. The maximum absolute atomic E-state index is 13.4. The maximum atomic E-state index is 13.4. The highest BCUT2D eigenvalue weighted by Crippen LogP contribution is 2.18. The van der Waals surface area contributed by atoms with Gasteiger partial charge in [0, 0.05) is 5.56 Å². The van der Waals surface area contributed by atoms with Gasteiger partial charge in [-0.3, -0.25) is 4.79 Å². The monoisotopic (exact) mass is 272 g/mol. The van der Waals surface area contributed by atoms with Crippen LogP contribution in [0.15, 0.2) is 17.7 Å². The van der Waals surface area contributed by atoms with E-state index < -0.39 is 40.3 Å². The van der Waals surface area contributed by atoms with Gasteiger partial charge in [0.2, 0.25) is 0 Å². The van der Waals surface area contributed by atoms with Crippen LogP contribution in [0.4, 0.5) is 13.2 Å². The van der Waals surface area contributed by atoms with Gasteiger partial charge in [-0.25, -0.2) is 18.0 Å². The minimum Gasteiger partial charge on any atom is -0.462 e. The number of Topliss-reactive ketones (excluding diaryl/α,β-unsaturated/α-hetero) is 1. The van der Waals surface area contributed by atoms with Crippen molar-refractivity contribution in [3.05, 3.63) is 40.7 Å². The van der Waals surface area contributed by atoms with Gasteiger partial charge in [-0.1, -0.05) is 0 Å². The Kier molecular flexibility index (Phi) is 4.86. The van der Waals surface area contributed by atoms with Crippen molar-refractivity contribution >= 4 is 17.8 Å². The van der Waals surface area contributed by atoms with Crippen LogP contribution in [-0.4, -0.2) is 18.4 Å². The van der Waals surface area contributed by atoms with Crippen LogP contribution in [0.3, 0.4) is 0 Å². The molecular weight excluding hydrogens is 261 g/mol. The van der Waals surface area contributed by atoms with Crippen molar-refractivity contribution in [2.24, 2.45) is 0 Å². The Morgan fingerprint density at radius 1 is 1.21 bits per heavy atom. The minimum absolute atomic E-state index is 0.0315. The second-order valence-corrected chi connectivity index (χ2v) is 3.60. The molecule has 0 saturated carbocycles. The highest BCUT2D eigenvalue weighted by molar-refractivity contribution is 6.19. The van der Waals surface area contributed by atoms with Crippen molar-refractivity contribution in [1.82, 2.24) is 0 Å². The predicted molar refractivity (Wildman–Crippen MR) is 61.6 cm³/mol. The number of carbonyl (C=O) groups is 2. The number of esters is 1. The highest BCUT2D eigenvalue weighted by Gasteiger charge is 2.18. The molecule has 0 N–H and O–H groups in total. The zero-order chi connectivity index (χ0) is 14.6. The average molecular weight is 272 g/mol. The Morgan fingerprint density at radius 2 is 1.84 bits per heavy atom. The van der Waals surface area contributed by atoms with Gasteiger partial charge in [0.1, 0.15) is 5.57 Å². The Morgan fingerprint density at radius 3 is 2.37 bits per heavy atom. The van der Waals surface area contributed by atoms with Crippen molar-refractivity contribution in [2.45, 2.75) is 13.8 Å². The number of halogens is 3. The number of hydrogen-bond donors (Lipinski definition) is 0. The van der Waals surface area contributed by atoms with Gasteiger partial charge in [-0.05, 0) is 32.1 Å². The molecule has 0 saturated heterocycles. The van der Waals surface area contributed by atoms with Crippen molar-refractivity contribution < 1.29 is 27.5 Å². The summed E-state index contributed by atoms with van der Waals surface area (Å²) in [5, 5.41) is 0. The molecule has 0 aliphatic rings. The molecule has 6 heteroatoms. The number of hydrogen-bond acceptors (Lipinski definition) is 3. The first-order chi connectivity index (χ1) is 8.88. The lowest BCUT2D eigenvalue weighted by Gasteiger charge is -2.05. The molecule has 0 amide bonds. The molecule has 102 valence electrons. The molecule has 0 bridgehead atoms. The third-order valence-electron chi connectivity index (χ3n) is 2.24. The molecule has 0 spiro atoms. The molecule has 3 nitrogen and oxygen atoms in total. The fourth-order valence-corrected chi connectivity index (χ4v) is 1.32. The van der Waals surface area contributed by atoms with Gasteiger partial charge in [0.15, 0.2) is 23.2 Å². The molecule has 1 aromatic carbocycles. The summed E-state index contributed by atoms with van der Waals surface area (Å²) >= 11 is 0. The van der Waals surface area contributed by atoms with Crippen molar-refractivity contribution in [3.8, 4) is 0 Å². The molecule has 1 rings (SSSR count). The molecule has 0 atom stereocenters. The Bertz CT molecular complexity index is 550. The summed E-state index contributed by atoms with van der Waals surface area (Å²) < 4.78 is 43.8. The molecular formula is C13H11F3O3. The minimum atomic E-state index is -1.67. The lowest BCUT2D eigenvalue weighted by Crippen LogP contribution is -2.13. The van der Waals surface area contributed by atoms with Gasteiger partial charge in [-0.15, -0.1) is 0 Å². The van der Waals surface area contributed by atoms with Gasteiger partial charge >= 0.3 is 5.97 Å². The fraction of sp³-hybridized carbons (Fsp3) is 0.231. The molecule has 1 aromatic rings. The molecule has 0 aliphatic carbocycles. The van der Waals surface area contributed by atoms with Crippen molar-refractivity contribution in [3.63, 3.8) is 0 Å². The van der Waals surface area contributed by atoms with Crippen LogP contribution < -0.4 is 0 Å². The second-order valence-electron chi connectivity index (χ2n) is 3.60. The number of ether oxygens (including phenoxy) is 1. The van der Waals surface area contributed by atoms with E-state index in [9.17, 15) is 22.8 Å². The van der Waals surface area contributed by atoms with Gasteiger partial charge < -0.3 is 4.74 Å². The van der Waals surface area contributed by atoms with E-state index >= 15 is 0 Å². The van der Waals surface area contributed by atoms with Gasteiger partial charge in [0.05, 0.1) is 6.61 Å². The van der Waals surface area contributed by atoms with E-state index in [0.717, 1.165) is 19.1 Å². The average Bonchev–Trinajstić information content (AvgIpc) is 2.35. The van der Waals surface area contributed by atoms with Crippen LogP contribution >= 0.6 is 0 Å². The number of rotatable bonds is 4. The van der Waals surface area contributed by atoms with E-state index in [1.54, 1.807) is 0 Å². The van der Waals surface area contributed by atoms with Gasteiger partial charge in [0.25, 0.3) is 0 Å². The van der Waals surface area contributed by atoms with E-state index in [4.69, 9.17) is 0 Å². The van der Waals surface area contributed by atoms with Crippen LogP contribution in [0.25, 0.3) is 6.08 Å². The first kappa shape index (κ1) is 14.9. The quantitative estimate of drug-likeness (QED) is 0.278. The third kappa shape index (κ3) is 3.43. The first-order valence-corrected chi connectivity index (χ1v) is 5.41. The fourth-order valence-electron chi connectivity index (χ4n) is 1.32. The smallest absolute Gasteiger partial charge is 0.341 e. The predicted octanol–water partition coefficient (Wildman–Crippen LogP) is 2.64. The molecule has 0 aromatic heterocycles. The molecule has 0 fully saturated rings. The number of ketones is 1. The summed E-state index contributed by atoms with van der Waals surface area (Å²) in [6.07, 6.45) is 0.832. The highest BCUT2D eigenvalue weighted by atomic mass is 19.2. The van der Waals surface area contributed by atoms with Crippen LogP contribution in [0.1, 0.15) is 19.4 Å². The Balaban J connectivity index is 3.27. The first-order valence-electron chi connectivity index (χ1n) is 5.41. The molecule has 0 aliphatic heterocycles. The summed E-state index contributed by atoms with van der Waals surface area (Å²) in [6.45, 7) is 2.65. The molecule has 0 heterocycles. The zero-order valence-corrected chi connectivity index (χ0v) is 10.3. The van der Waals surface area contributed by atoms with E-state index in [2.05, 4.69) is 4.74 Å². The maximum Gasteiger partial charge on any atom is 0.341 e. The third-order valence-corrected chi connectivity index (χ3v) is 2.24. The summed E-state index contributed by atoms with van der Waals surface area (Å²) in [7, 11) is 0. The standard InChI is InChI=1S/C13H11F3O3/c1-3-19-13(18)9(7(2)17)6-8-4-5-10(14)12(16)11(8)15/h4-6H,3H2,1-2H3/b9-6-. The lowest BCUT2D eigenvalue weighted by molar-refractivity contribution is -0.139. The normalized spacial score (nSPS) is 11.3. The van der Waals surface area contributed by atoms with Crippen molar-refractivity contribution in [1.29, 1.82) is 0 Å². The van der Waals surface area contributed by atoms with Crippen LogP contribution in [0.2, 0.25) is 0 Å². The van der Waals surface area contributed by atoms with E-state index in [-0.39, 0.29) is 6.61 Å². The zero-order valence-electron chi connectivity index (χ0n) is 10.3. The summed E-state index contributed by atoms with van der Waals surface area (Å²) in [5.41, 5.74) is -0.844. The summed E-state index contributed by atoms with van der Waals surface area (Å²) in [5.74, 6) is -6.10. The van der Waals surface area contributed by atoms with E-state index in [1.807, 2.05) is 0 Å². The van der Waals surface area contributed by atoms with E-state index in [1.165, 1.54) is 6.92 Å².